The zero-order valence-electron chi connectivity index (χ0n) is 15.3. The number of hydrogen-bond donors (Lipinski definition) is 2. The van der Waals surface area contributed by atoms with Crippen LogP contribution < -0.4 is 15.5 Å². The lowest BCUT2D eigenvalue weighted by atomic mass is 9.67. The average Bonchev–Trinajstić information content (AvgIpc) is 2.77. The van der Waals surface area contributed by atoms with Crippen molar-refractivity contribution in [1.29, 1.82) is 0 Å². The van der Waals surface area contributed by atoms with Gasteiger partial charge in [-0.3, -0.25) is 10.1 Å². The summed E-state index contributed by atoms with van der Waals surface area (Å²) in [7, 11) is 0. The molecule has 3 amide bonds. The number of urea groups is 1. The molecule has 0 radical (unpaired) electrons. The van der Waals surface area contributed by atoms with Gasteiger partial charge in [0.05, 0.1) is 29.7 Å². The number of benzene rings is 1. The van der Waals surface area contributed by atoms with Gasteiger partial charge < -0.3 is 15.0 Å². The molecule has 5 rings (SSSR count). The molecule has 3 fully saturated rings. The molecule has 27 heavy (non-hydrogen) atoms. The van der Waals surface area contributed by atoms with Crippen LogP contribution in [0.2, 0.25) is 0 Å². The first-order valence-electron chi connectivity index (χ1n) is 9.18. The van der Waals surface area contributed by atoms with Crippen LogP contribution in [0.5, 0.6) is 0 Å². The molecule has 6 nitrogen and oxygen atoms in total. The van der Waals surface area contributed by atoms with Crippen molar-refractivity contribution in [3.8, 4) is 0 Å². The monoisotopic (exact) mass is 377 g/mol. The fourth-order valence-electron chi connectivity index (χ4n) is 5.85. The Balaban J connectivity index is 1.78. The predicted octanol–water partition coefficient (Wildman–Crippen LogP) is 1.72. The minimum absolute atomic E-state index is 0.152. The van der Waals surface area contributed by atoms with E-state index >= 15 is 0 Å². The molecule has 8 heteroatoms. The fourth-order valence-corrected chi connectivity index (χ4v) is 5.85. The maximum Gasteiger partial charge on any atom is 0.321 e. The van der Waals surface area contributed by atoms with Gasteiger partial charge in [-0.05, 0) is 25.0 Å². The van der Waals surface area contributed by atoms with Crippen molar-refractivity contribution in [3.05, 3.63) is 29.3 Å². The number of amides is 3. The van der Waals surface area contributed by atoms with Crippen LogP contribution in [0.3, 0.4) is 0 Å². The molecule has 144 valence electrons. The molecule has 1 aromatic rings. The highest BCUT2D eigenvalue weighted by molar-refractivity contribution is 6.02. The second-order valence-corrected chi connectivity index (χ2v) is 8.76. The van der Waals surface area contributed by atoms with E-state index in [9.17, 15) is 18.4 Å². The van der Waals surface area contributed by atoms with Crippen molar-refractivity contribution in [2.24, 2.45) is 10.8 Å². The summed E-state index contributed by atoms with van der Waals surface area (Å²) in [6.45, 7) is 6.34. The van der Waals surface area contributed by atoms with Gasteiger partial charge >= 0.3 is 6.03 Å². The molecule has 2 saturated heterocycles. The molecule has 0 bridgehead atoms. The molecule has 4 aliphatic rings. The third-order valence-electron chi connectivity index (χ3n) is 6.81. The van der Waals surface area contributed by atoms with Gasteiger partial charge in [0.2, 0.25) is 5.91 Å². The van der Waals surface area contributed by atoms with Crippen LogP contribution in [0, 0.1) is 22.5 Å². The lowest BCUT2D eigenvalue weighted by molar-refractivity contribution is -0.135. The summed E-state index contributed by atoms with van der Waals surface area (Å²) in [5.74, 6) is -2.22. The first-order chi connectivity index (χ1) is 12.7. The van der Waals surface area contributed by atoms with Crippen molar-refractivity contribution < 1.29 is 23.1 Å². The van der Waals surface area contributed by atoms with Crippen LogP contribution in [-0.2, 0) is 16.0 Å². The highest BCUT2D eigenvalue weighted by Gasteiger charge is 2.73. The van der Waals surface area contributed by atoms with Gasteiger partial charge in [-0.25, -0.2) is 13.6 Å². The van der Waals surface area contributed by atoms with E-state index in [1.54, 1.807) is 0 Å². The molecule has 5 atom stereocenters. The molecule has 2 N–H and O–H groups in total. The lowest BCUT2D eigenvalue weighted by Gasteiger charge is -2.53. The maximum absolute atomic E-state index is 14.0. The van der Waals surface area contributed by atoms with E-state index < -0.39 is 34.5 Å². The first-order valence-corrected chi connectivity index (χ1v) is 9.18. The van der Waals surface area contributed by atoms with Crippen LogP contribution in [0.25, 0.3) is 0 Å². The van der Waals surface area contributed by atoms with Crippen LogP contribution >= 0.6 is 0 Å². The van der Waals surface area contributed by atoms with Gasteiger partial charge in [0.15, 0.2) is 11.6 Å². The standard InChI is InChI=1S/C19H21F2N3O3/c1-8-7-24-12-5-11(21)10(20)4-9(12)6-19-13(24)14(27-8)18(2,3)15(19)22-17(26)23-16(19)25/h4-5,8,13-15H,6-7H2,1-3H3,(H2,22,23,25,26)/t8-,13-,14-,15-,19-/m1/s1. The van der Waals surface area contributed by atoms with Gasteiger partial charge in [-0.1, -0.05) is 13.8 Å². The van der Waals surface area contributed by atoms with Crippen molar-refractivity contribution >= 4 is 17.6 Å². The van der Waals surface area contributed by atoms with Crippen LogP contribution in [0.4, 0.5) is 19.3 Å². The fraction of sp³-hybridized carbons (Fsp3) is 0.579. The van der Waals surface area contributed by atoms with Gasteiger partial charge in [-0.15, -0.1) is 0 Å². The van der Waals surface area contributed by atoms with Crippen molar-refractivity contribution in [2.75, 3.05) is 11.4 Å². The number of hydrogen-bond acceptors (Lipinski definition) is 4. The Labute approximate surface area is 155 Å². The molecule has 3 heterocycles. The molecule has 1 spiro atoms. The topological polar surface area (TPSA) is 70.7 Å². The van der Waals surface area contributed by atoms with Crippen LogP contribution in [0.1, 0.15) is 26.3 Å². The van der Waals surface area contributed by atoms with Crippen molar-refractivity contribution in [2.45, 2.75) is 51.5 Å². The number of anilines is 1. The number of morpholine rings is 1. The second kappa shape index (κ2) is 4.98. The minimum atomic E-state index is -1.00. The smallest absolute Gasteiger partial charge is 0.321 e. The summed E-state index contributed by atoms with van der Waals surface area (Å²) in [5, 5.41) is 5.32. The summed E-state index contributed by atoms with van der Waals surface area (Å²) in [5.41, 5.74) is -0.360. The van der Waals surface area contributed by atoms with E-state index in [0.717, 1.165) is 0 Å². The lowest BCUT2D eigenvalue weighted by Crippen LogP contribution is -2.72. The number of rotatable bonds is 0. The molecule has 1 saturated carbocycles. The van der Waals surface area contributed by atoms with E-state index in [1.165, 1.54) is 12.1 Å². The third-order valence-corrected chi connectivity index (χ3v) is 6.81. The number of imide groups is 1. The Morgan fingerprint density at radius 2 is 1.93 bits per heavy atom. The maximum atomic E-state index is 14.0. The molecule has 1 aliphatic carbocycles. The third kappa shape index (κ3) is 1.91. The number of carbonyl (C=O) groups excluding carboxylic acids is 2. The number of fused-ring (bicyclic) bond motifs is 2. The highest BCUT2D eigenvalue weighted by Crippen LogP contribution is 2.60. The van der Waals surface area contributed by atoms with Gasteiger partial charge in [-0.2, -0.15) is 0 Å². The zero-order chi connectivity index (χ0) is 19.3. The summed E-state index contributed by atoms with van der Waals surface area (Å²) < 4.78 is 34.3. The van der Waals surface area contributed by atoms with Gasteiger partial charge in [0.25, 0.3) is 0 Å². The summed E-state index contributed by atoms with van der Waals surface area (Å²) >= 11 is 0. The van der Waals surface area contributed by atoms with Crippen molar-refractivity contribution in [1.82, 2.24) is 10.6 Å². The van der Waals surface area contributed by atoms with Crippen molar-refractivity contribution in [3.63, 3.8) is 0 Å². The van der Waals surface area contributed by atoms with Gasteiger partial charge in [0, 0.05) is 23.7 Å². The van der Waals surface area contributed by atoms with Crippen LogP contribution in [0.15, 0.2) is 12.1 Å². The minimum Gasteiger partial charge on any atom is -0.371 e. The SMILES string of the molecule is C[C@@H]1CN2c3cc(F)c(F)cc3C[C@]34C(=O)NC(=O)N[C@@H]3C(C)(C)[C@H](O1)[C@@H]24. The number of halogens is 2. The van der Waals surface area contributed by atoms with E-state index in [0.29, 0.717) is 17.8 Å². The largest absolute Gasteiger partial charge is 0.371 e. The molecule has 0 aromatic heterocycles. The quantitative estimate of drug-likeness (QED) is 0.722. The Hall–Kier alpha value is -2.22. The van der Waals surface area contributed by atoms with E-state index in [2.05, 4.69) is 10.6 Å². The molecular formula is C19H21F2N3O3. The Kier molecular flexibility index (Phi) is 3.12. The molecular weight excluding hydrogens is 356 g/mol. The zero-order valence-corrected chi connectivity index (χ0v) is 15.3. The Bertz CT molecular complexity index is 889. The summed E-state index contributed by atoms with van der Waals surface area (Å²) in [6, 6.07) is 1.02. The number of nitrogens with one attached hydrogen (secondary N) is 2. The van der Waals surface area contributed by atoms with E-state index in [1.807, 2.05) is 25.7 Å². The first kappa shape index (κ1) is 16.9. The Morgan fingerprint density at radius 3 is 2.67 bits per heavy atom. The summed E-state index contributed by atoms with van der Waals surface area (Å²) in [6.07, 6.45) is -0.271. The highest BCUT2D eigenvalue weighted by atomic mass is 19.2. The Morgan fingerprint density at radius 1 is 1.22 bits per heavy atom. The van der Waals surface area contributed by atoms with Gasteiger partial charge in [0.1, 0.15) is 0 Å². The van der Waals surface area contributed by atoms with E-state index in [4.69, 9.17) is 4.74 Å². The average molecular weight is 377 g/mol. The van der Waals surface area contributed by atoms with E-state index in [-0.39, 0.29) is 30.6 Å². The second-order valence-electron chi connectivity index (χ2n) is 8.76. The predicted molar refractivity (Wildman–Crippen MR) is 92.2 cm³/mol. The van der Waals surface area contributed by atoms with Crippen LogP contribution in [-0.4, -0.2) is 42.8 Å². The normalized spacial score (nSPS) is 38.5. The summed E-state index contributed by atoms with van der Waals surface area (Å²) in [4.78, 5) is 27.2. The molecule has 0 unspecified atom stereocenters. The molecule has 1 aromatic carbocycles. The number of ether oxygens (including phenoxy) is 1. The molecule has 3 aliphatic heterocycles. The number of nitrogens with zero attached hydrogens (tertiary/aromatic N) is 1. The number of carbonyl (C=O) groups is 2.